The molecule has 0 aliphatic carbocycles. The van der Waals surface area contributed by atoms with Gasteiger partial charge in [0.05, 0.1) is 11.1 Å². The minimum atomic E-state index is -0.821. The van der Waals surface area contributed by atoms with Crippen molar-refractivity contribution in [3.63, 3.8) is 0 Å². The number of hydrogen-bond donors (Lipinski definition) is 1. The zero-order valence-electron chi connectivity index (χ0n) is 12.7. The molecule has 2 unspecified atom stereocenters. The minimum absolute atomic E-state index is 0.0184. The molecule has 1 aliphatic rings. The summed E-state index contributed by atoms with van der Waals surface area (Å²) in [6.07, 6.45) is 0. The van der Waals surface area contributed by atoms with Gasteiger partial charge in [-0.2, -0.15) is 0 Å². The van der Waals surface area contributed by atoms with Gasteiger partial charge >= 0.3 is 0 Å². The van der Waals surface area contributed by atoms with E-state index < -0.39 is 17.9 Å². The molecule has 21 heavy (non-hydrogen) atoms. The Morgan fingerprint density at radius 2 is 1.48 bits per heavy atom. The van der Waals surface area contributed by atoms with Gasteiger partial charge in [0.1, 0.15) is 6.04 Å². The summed E-state index contributed by atoms with van der Waals surface area (Å²) in [7, 11) is 0. The zero-order chi connectivity index (χ0) is 15.7. The largest absolute Gasteiger partial charge is 0.352 e. The molecule has 0 bridgehead atoms. The van der Waals surface area contributed by atoms with Gasteiger partial charge < -0.3 is 5.32 Å². The van der Waals surface area contributed by atoms with Gasteiger partial charge in [-0.15, -0.1) is 0 Å². The van der Waals surface area contributed by atoms with Crippen LogP contribution in [0.25, 0.3) is 0 Å². The fourth-order valence-electron chi connectivity index (χ4n) is 2.19. The van der Waals surface area contributed by atoms with E-state index in [1.54, 1.807) is 31.2 Å². The van der Waals surface area contributed by atoms with Crippen LogP contribution >= 0.6 is 0 Å². The lowest BCUT2D eigenvalue weighted by Gasteiger charge is -2.25. The molecule has 1 aromatic rings. The van der Waals surface area contributed by atoms with Gasteiger partial charge in [0, 0.05) is 6.04 Å². The van der Waals surface area contributed by atoms with Crippen molar-refractivity contribution < 1.29 is 14.4 Å². The summed E-state index contributed by atoms with van der Waals surface area (Å²) in [6, 6.07) is 5.79. The van der Waals surface area contributed by atoms with Gasteiger partial charge in [-0.1, -0.05) is 26.0 Å². The molecule has 3 amide bonds. The predicted octanol–water partition coefficient (Wildman–Crippen LogP) is 1.83. The minimum Gasteiger partial charge on any atom is -0.352 e. The lowest BCUT2D eigenvalue weighted by Crippen LogP contribution is -2.50. The van der Waals surface area contributed by atoms with E-state index in [1.165, 1.54) is 0 Å². The van der Waals surface area contributed by atoms with Gasteiger partial charge in [-0.05, 0) is 31.9 Å². The summed E-state index contributed by atoms with van der Waals surface area (Å²) in [4.78, 5) is 37.9. The van der Waals surface area contributed by atoms with Gasteiger partial charge in [-0.3, -0.25) is 19.3 Å². The molecule has 1 aromatic carbocycles. The second-order valence-electron chi connectivity index (χ2n) is 5.74. The van der Waals surface area contributed by atoms with Gasteiger partial charge in [0.15, 0.2) is 0 Å². The highest BCUT2D eigenvalue weighted by atomic mass is 16.2. The zero-order valence-corrected chi connectivity index (χ0v) is 12.7. The van der Waals surface area contributed by atoms with E-state index in [-0.39, 0.29) is 17.9 Å². The van der Waals surface area contributed by atoms with Gasteiger partial charge in [0.2, 0.25) is 5.91 Å². The first-order valence-corrected chi connectivity index (χ1v) is 7.12. The fourth-order valence-corrected chi connectivity index (χ4v) is 2.19. The highest BCUT2D eigenvalue weighted by Crippen LogP contribution is 2.24. The molecule has 2 rings (SSSR count). The summed E-state index contributed by atoms with van der Waals surface area (Å²) < 4.78 is 0. The van der Waals surface area contributed by atoms with E-state index >= 15 is 0 Å². The Kier molecular flexibility index (Phi) is 4.11. The van der Waals surface area contributed by atoms with Crippen LogP contribution in [0.2, 0.25) is 0 Å². The number of amides is 3. The van der Waals surface area contributed by atoms with Crippen molar-refractivity contribution in [2.45, 2.75) is 39.8 Å². The summed E-state index contributed by atoms with van der Waals surface area (Å²) in [5.41, 5.74) is 0.720. The molecule has 5 heteroatoms. The summed E-state index contributed by atoms with van der Waals surface area (Å²) >= 11 is 0. The number of imide groups is 1. The van der Waals surface area contributed by atoms with Crippen LogP contribution in [0.1, 0.15) is 48.4 Å². The van der Waals surface area contributed by atoms with Crippen LogP contribution in [0.3, 0.4) is 0 Å². The molecule has 1 heterocycles. The van der Waals surface area contributed by atoms with Crippen molar-refractivity contribution in [1.82, 2.24) is 10.2 Å². The monoisotopic (exact) mass is 288 g/mol. The maximum atomic E-state index is 12.3. The van der Waals surface area contributed by atoms with Crippen LogP contribution in [-0.2, 0) is 4.79 Å². The lowest BCUT2D eigenvalue weighted by atomic mass is 10.1. The number of nitrogens with zero attached hydrogens (tertiary/aromatic N) is 1. The second-order valence-corrected chi connectivity index (χ2v) is 5.74. The molecule has 1 N–H and O–H groups in total. The second kappa shape index (κ2) is 5.68. The van der Waals surface area contributed by atoms with Crippen molar-refractivity contribution in [1.29, 1.82) is 0 Å². The third kappa shape index (κ3) is 2.68. The molecular weight excluding hydrogens is 268 g/mol. The summed E-state index contributed by atoms with van der Waals surface area (Å²) in [6.45, 7) is 7.47. The molecule has 0 aromatic heterocycles. The van der Waals surface area contributed by atoms with Crippen molar-refractivity contribution in [2.24, 2.45) is 5.92 Å². The highest BCUT2D eigenvalue weighted by molar-refractivity contribution is 6.22. The van der Waals surface area contributed by atoms with Crippen molar-refractivity contribution >= 4 is 17.7 Å². The van der Waals surface area contributed by atoms with Crippen molar-refractivity contribution in [3.8, 4) is 0 Å². The highest BCUT2D eigenvalue weighted by Gasteiger charge is 2.40. The normalized spacial score (nSPS) is 16.9. The number of fused-ring (bicyclic) bond motifs is 1. The van der Waals surface area contributed by atoms with E-state index in [0.717, 1.165) is 4.90 Å². The number of nitrogens with one attached hydrogen (secondary N) is 1. The van der Waals surface area contributed by atoms with Crippen LogP contribution in [0.15, 0.2) is 24.3 Å². The Labute approximate surface area is 124 Å². The van der Waals surface area contributed by atoms with E-state index in [0.29, 0.717) is 11.1 Å². The first kappa shape index (κ1) is 15.2. The quantitative estimate of drug-likeness (QED) is 0.860. The number of carbonyl (C=O) groups excluding carboxylic acids is 3. The molecule has 0 saturated carbocycles. The predicted molar refractivity (Wildman–Crippen MR) is 78.8 cm³/mol. The standard InChI is InChI=1S/C16H20N2O3/c1-9(2)10(3)17-14(19)11(4)18-15(20)12-7-5-6-8-13(12)16(18)21/h5-11H,1-4H3,(H,17,19). The molecule has 5 nitrogen and oxygen atoms in total. The maximum absolute atomic E-state index is 12.3. The molecule has 0 fully saturated rings. The Hall–Kier alpha value is -2.17. The first-order chi connectivity index (χ1) is 9.84. The van der Waals surface area contributed by atoms with Crippen LogP contribution in [0.4, 0.5) is 0 Å². The fraction of sp³-hybridized carbons (Fsp3) is 0.438. The third-order valence-corrected chi connectivity index (χ3v) is 3.96. The number of rotatable bonds is 4. The van der Waals surface area contributed by atoms with E-state index in [9.17, 15) is 14.4 Å². The van der Waals surface area contributed by atoms with Crippen LogP contribution < -0.4 is 5.32 Å². The number of carbonyl (C=O) groups is 3. The van der Waals surface area contributed by atoms with Gasteiger partial charge in [0.25, 0.3) is 11.8 Å². The summed E-state index contributed by atoms with van der Waals surface area (Å²) in [5.74, 6) is -0.847. The van der Waals surface area contributed by atoms with Crippen LogP contribution in [-0.4, -0.2) is 34.7 Å². The lowest BCUT2D eigenvalue weighted by molar-refractivity contribution is -0.125. The van der Waals surface area contributed by atoms with Crippen LogP contribution in [0.5, 0.6) is 0 Å². The topological polar surface area (TPSA) is 66.5 Å². The van der Waals surface area contributed by atoms with E-state index in [2.05, 4.69) is 5.32 Å². The molecule has 0 radical (unpaired) electrons. The van der Waals surface area contributed by atoms with Gasteiger partial charge in [-0.25, -0.2) is 0 Å². The average Bonchev–Trinajstić information content (AvgIpc) is 2.70. The smallest absolute Gasteiger partial charge is 0.262 e. The summed E-state index contributed by atoms with van der Waals surface area (Å²) in [5, 5.41) is 2.84. The van der Waals surface area contributed by atoms with E-state index in [1.807, 2.05) is 20.8 Å². The Balaban J connectivity index is 2.18. The van der Waals surface area contributed by atoms with Crippen LogP contribution in [0, 0.1) is 5.92 Å². The average molecular weight is 288 g/mol. The van der Waals surface area contributed by atoms with Crippen molar-refractivity contribution in [3.05, 3.63) is 35.4 Å². The molecule has 0 spiro atoms. The Morgan fingerprint density at radius 1 is 1.00 bits per heavy atom. The number of benzene rings is 1. The molecule has 0 saturated heterocycles. The molecular formula is C16H20N2O3. The Morgan fingerprint density at radius 3 is 1.90 bits per heavy atom. The third-order valence-electron chi connectivity index (χ3n) is 3.96. The molecule has 2 atom stereocenters. The molecule has 1 aliphatic heterocycles. The number of hydrogen-bond acceptors (Lipinski definition) is 3. The molecule has 112 valence electrons. The SMILES string of the molecule is CC(C)C(C)NC(=O)C(C)N1C(=O)c2ccccc2C1=O. The van der Waals surface area contributed by atoms with E-state index in [4.69, 9.17) is 0 Å². The first-order valence-electron chi connectivity index (χ1n) is 7.12. The Bertz CT molecular complexity index is 560. The van der Waals surface area contributed by atoms with Crippen molar-refractivity contribution in [2.75, 3.05) is 0 Å². The maximum Gasteiger partial charge on any atom is 0.262 e.